The summed E-state index contributed by atoms with van der Waals surface area (Å²) in [7, 11) is 1.22. The summed E-state index contributed by atoms with van der Waals surface area (Å²) < 4.78 is 9.19. The molecule has 6 heteroatoms. The van der Waals surface area contributed by atoms with Gasteiger partial charge in [0.2, 0.25) is 5.91 Å². The Morgan fingerprint density at radius 2 is 2.19 bits per heavy atom. The fourth-order valence-electron chi connectivity index (χ4n) is 1.44. The molecule has 1 N–H and O–H groups in total. The van der Waals surface area contributed by atoms with Gasteiger partial charge in [0.25, 0.3) is 0 Å². The Kier molecular flexibility index (Phi) is 3.65. The molecule has 1 fully saturated rings. The molecule has 6 nitrogen and oxygen atoms in total. The third-order valence-electron chi connectivity index (χ3n) is 2.32. The summed E-state index contributed by atoms with van der Waals surface area (Å²) in [5.74, 6) is -2.34. The molecule has 0 aromatic rings. The van der Waals surface area contributed by atoms with E-state index in [1.807, 2.05) is 0 Å². The van der Waals surface area contributed by atoms with Gasteiger partial charge < -0.3 is 14.8 Å². The predicted molar refractivity (Wildman–Crippen MR) is 53.2 cm³/mol. The number of rotatable bonds is 3. The molecule has 0 bridgehead atoms. The van der Waals surface area contributed by atoms with Crippen LogP contribution in [0.5, 0.6) is 0 Å². The lowest BCUT2D eigenvalue weighted by Crippen LogP contribution is -2.38. The van der Waals surface area contributed by atoms with Gasteiger partial charge in [-0.25, -0.2) is 4.79 Å². The normalized spacial score (nSPS) is 23.9. The van der Waals surface area contributed by atoms with Crippen LogP contribution in [0, 0.1) is 5.92 Å². The highest BCUT2D eigenvalue weighted by atomic mass is 16.6. The van der Waals surface area contributed by atoms with Crippen molar-refractivity contribution in [2.24, 2.45) is 5.92 Å². The standard InChI is InChI=1S/C10H13NO5/c1-5-8(6(2)16-10(5)14)9(13)11-4-7(12)15-3/h6,8H,1,4H2,2-3H3,(H,11,13)/t6-,8+/m0/s1. The maximum absolute atomic E-state index is 11.6. The van der Waals surface area contributed by atoms with E-state index in [-0.39, 0.29) is 12.1 Å². The van der Waals surface area contributed by atoms with E-state index in [1.54, 1.807) is 6.92 Å². The highest BCUT2D eigenvalue weighted by Gasteiger charge is 2.40. The van der Waals surface area contributed by atoms with Crippen molar-refractivity contribution in [2.45, 2.75) is 13.0 Å². The second-order valence-corrected chi connectivity index (χ2v) is 3.41. The molecule has 16 heavy (non-hydrogen) atoms. The number of hydrogen-bond donors (Lipinski definition) is 1. The van der Waals surface area contributed by atoms with Crippen molar-refractivity contribution in [1.29, 1.82) is 0 Å². The highest BCUT2D eigenvalue weighted by Crippen LogP contribution is 2.26. The van der Waals surface area contributed by atoms with Crippen molar-refractivity contribution >= 4 is 17.8 Å². The molecule has 88 valence electrons. The Morgan fingerprint density at radius 1 is 1.56 bits per heavy atom. The van der Waals surface area contributed by atoms with Crippen LogP contribution in [0.1, 0.15) is 6.92 Å². The van der Waals surface area contributed by atoms with Gasteiger partial charge in [0, 0.05) is 5.57 Å². The Balaban J connectivity index is 2.57. The number of esters is 2. The quantitative estimate of drug-likeness (QED) is 0.514. The van der Waals surface area contributed by atoms with Crippen LogP contribution >= 0.6 is 0 Å². The average Bonchev–Trinajstić information content (AvgIpc) is 2.49. The molecule has 0 aliphatic carbocycles. The molecule has 1 heterocycles. The van der Waals surface area contributed by atoms with Crippen molar-refractivity contribution in [3.8, 4) is 0 Å². The van der Waals surface area contributed by atoms with Gasteiger partial charge in [-0.3, -0.25) is 9.59 Å². The van der Waals surface area contributed by atoms with Gasteiger partial charge in [-0.2, -0.15) is 0 Å². The first-order valence-corrected chi connectivity index (χ1v) is 4.71. The van der Waals surface area contributed by atoms with E-state index < -0.39 is 29.9 Å². The van der Waals surface area contributed by atoms with Gasteiger partial charge in [-0.15, -0.1) is 0 Å². The Hall–Kier alpha value is -1.85. The Morgan fingerprint density at radius 3 is 2.62 bits per heavy atom. The second kappa shape index (κ2) is 4.78. The Labute approximate surface area is 92.6 Å². The summed E-state index contributed by atoms with van der Waals surface area (Å²) >= 11 is 0. The molecule has 1 aliphatic rings. The molecule has 0 aromatic heterocycles. The minimum atomic E-state index is -0.739. The van der Waals surface area contributed by atoms with E-state index >= 15 is 0 Å². The Bertz CT molecular complexity index is 349. The molecule has 1 rings (SSSR count). The fraction of sp³-hybridized carbons (Fsp3) is 0.500. The number of methoxy groups -OCH3 is 1. The van der Waals surface area contributed by atoms with E-state index in [4.69, 9.17) is 4.74 Å². The predicted octanol–water partition coefficient (Wildman–Crippen LogP) is -0.607. The topological polar surface area (TPSA) is 81.7 Å². The molecule has 1 saturated heterocycles. The number of carbonyl (C=O) groups excluding carboxylic acids is 3. The summed E-state index contributed by atoms with van der Waals surface area (Å²) in [5, 5.41) is 2.35. The van der Waals surface area contributed by atoms with E-state index in [0.717, 1.165) is 0 Å². The molecule has 0 spiro atoms. The van der Waals surface area contributed by atoms with Gasteiger partial charge in [0.05, 0.1) is 7.11 Å². The first kappa shape index (κ1) is 12.2. The fourth-order valence-corrected chi connectivity index (χ4v) is 1.44. The van der Waals surface area contributed by atoms with Crippen LogP contribution in [0.2, 0.25) is 0 Å². The minimum absolute atomic E-state index is 0.106. The molecule has 0 saturated carbocycles. The number of nitrogens with one attached hydrogen (secondary N) is 1. The van der Waals surface area contributed by atoms with Crippen molar-refractivity contribution < 1.29 is 23.9 Å². The number of hydrogen-bond acceptors (Lipinski definition) is 5. The van der Waals surface area contributed by atoms with Crippen LogP contribution in [0.3, 0.4) is 0 Å². The monoisotopic (exact) mass is 227 g/mol. The van der Waals surface area contributed by atoms with Gasteiger partial charge in [-0.1, -0.05) is 6.58 Å². The van der Waals surface area contributed by atoms with Gasteiger partial charge in [0.1, 0.15) is 18.6 Å². The van der Waals surface area contributed by atoms with E-state index in [2.05, 4.69) is 16.6 Å². The van der Waals surface area contributed by atoms with Crippen LogP contribution in [0.4, 0.5) is 0 Å². The maximum atomic E-state index is 11.6. The molecule has 1 amide bonds. The maximum Gasteiger partial charge on any atom is 0.334 e. The second-order valence-electron chi connectivity index (χ2n) is 3.41. The summed E-state index contributed by atoms with van der Waals surface area (Å²) in [6.45, 7) is 4.84. The van der Waals surface area contributed by atoms with Crippen molar-refractivity contribution in [3.05, 3.63) is 12.2 Å². The molecule has 0 radical (unpaired) electrons. The third kappa shape index (κ3) is 2.39. The number of cyclic esters (lactones) is 1. The van der Waals surface area contributed by atoms with E-state index in [1.165, 1.54) is 7.11 Å². The SMILES string of the molecule is C=C1C(=O)O[C@@H](C)[C@@H]1C(=O)NCC(=O)OC. The zero-order chi connectivity index (χ0) is 12.3. The smallest absolute Gasteiger partial charge is 0.334 e. The molecule has 0 aromatic carbocycles. The molecule has 1 aliphatic heterocycles. The zero-order valence-electron chi connectivity index (χ0n) is 9.11. The van der Waals surface area contributed by atoms with Crippen LogP contribution in [0.25, 0.3) is 0 Å². The van der Waals surface area contributed by atoms with E-state index in [0.29, 0.717) is 0 Å². The van der Waals surface area contributed by atoms with Crippen LogP contribution in [-0.4, -0.2) is 37.6 Å². The summed E-state index contributed by atoms with van der Waals surface area (Å²) in [5.41, 5.74) is 0.106. The highest BCUT2D eigenvalue weighted by molar-refractivity contribution is 6.00. The van der Waals surface area contributed by atoms with Gasteiger partial charge in [-0.05, 0) is 6.92 Å². The molecule has 0 unspecified atom stereocenters. The first-order chi connectivity index (χ1) is 7.47. The molecule has 2 atom stereocenters. The van der Waals surface area contributed by atoms with Crippen LogP contribution < -0.4 is 5.32 Å². The number of ether oxygens (including phenoxy) is 2. The lowest BCUT2D eigenvalue weighted by molar-refractivity contribution is -0.142. The third-order valence-corrected chi connectivity index (χ3v) is 2.32. The zero-order valence-corrected chi connectivity index (χ0v) is 9.11. The van der Waals surface area contributed by atoms with Gasteiger partial charge >= 0.3 is 11.9 Å². The number of amides is 1. The lowest BCUT2D eigenvalue weighted by Gasteiger charge is -2.12. The van der Waals surface area contributed by atoms with Gasteiger partial charge in [0.15, 0.2) is 0 Å². The molecular weight excluding hydrogens is 214 g/mol. The first-order valence-electron chi connectivity index (χ1n) is 4.71. The largest absolute Gasteiger partial charge is 0.468 e. The van der Waals surface area contributed by atoms with Crippen LogP contribution in [-0.2, 0) is 23.9 Å². The van der Waals surface area contributed by atoms with Crippen molar-refractivity contribution in [1.82, 2.24) is 5.32 Å². The van der Waals surface area contributed by atoms with E-state index in [9.17, 15) is 14.4 Å². The minimum Gasteiger partial charge on any atom is -0.468 e. The lowest BCUT2D eigenvalue weighted by atomic mass is 9.97. The average molecular weight is 227 g/mol. The van der Waals surface area contributed by atoms with Crippen molar-refractivity contribution in [3.63, 3.8) is 0 Å². The summed E-state index contributed by atoms with van der Waals surface area (Å²) in [6.07, 6.45) is -0.558. The van der Waals surface area contributed by atoms with Crippen molar-refractivity contribution in [2.75, 3.05) is 13.7 Å². The summed E-state index contributed by atoms with van der Waals surface area (Å²) in [6, 6.07) is 0. The summed E-state index contributed by atoms with van der Waals surface area (Å²) in [4.78, 5) is 33.5. The molecular formula is C10H13NO5. The van der Waals surface area contributed by atoms with Crippen LogP contribution in [0.15, 0.2) is 12.2 Å². The number of carbonyl (C=O) groups is 3.